The lowest BCUT2D eigenvalue weighted by Crippen LogP contribution is -2.10. The van der Waals surface area contributed by atoms with Gasteiger partial charge in [-0.2, -0.15) is 0 Å². The van der Waals surface area contributed by atoms with Crippen LogP contribution in [0.5, 0.6) is 0 Å². The van der Waals surface area contributed by atoms with Crippen LogP contribution in [0.25, 0.3) is 0 Å². The second-order valence-electron chi connectivity index (χ2n) is 10.8. The molecule has 0 aromatic rings. The van der Waals surface area contributed by atoms with Crippen LogP contribution in [0.2, 0.25) is 0 Å². The third-order valence-electron chi connectivity index (χ3n) is 6.69. The van der Waals surface area contributed by atoms with E-state index in [1.165, 1.54) is 114 Å². The van der Waals surface area contributed by atoms with Crippen LogP contribution in [-0.2, 0) is 19.4 Å². The van der Waals surface area contributed by atoms with Crippen molar-refractivity contribution >= 4 is 11.9 Å². The highest BCUT2D eigenvalue weighted by Gasteiger charge is 2.15. The third kappa shape index (κ3) is 30.0. The minimum atomic E-state index is -1.40. The molecule has 0 aliphatic carbocycles. The van der Waals surface area contributed by atoms with Crippen LogP contribution in [-0.4, -0.2) is 22.2 Å². The number of rotatable bonds is 29. The number of hydrogen-bond acceptors (Lipinski definition) is 4. The van der Waals surface area contributed by atoms with Gasteiger partial charge in [0.05, 0.1) is 0 Å². The summed E-state index contributed by atoms with van der Waals surface area (Å²) >= 11 is 0. The molecule has 2 N–H and O–H groups in total. The SMILES string of the molecule is CCCCCCCCC/C=C/C=C/C=C/C=C/C=C(\OO\C(=C/C=C/C=C/C=C/C=C/CCCCCCCCC)C(=O)O)C(=O)O. The molecule has 0 radical (unpaired) electrons. The van der Waals surface area contributed by atoms with Gasteiger partial charge in [-0.3, -0.25) is 9.78 Å². The van der Waals surface area contributed by atoms with Gasteiger partial charge in [0.25, 0.3) is 11.5 Å². The summed E-state index contributed by atoms with van der Waals surface area (Å²) in [6.45, 7) is 4.47. The predicted molar refractivity (Wildman–Crippen MR) is 192 cm³/mol. The maximum atomic E-state index is 11.4. The summed E-state index contributed by atoms with van der Waals surface area (Å²) in [7, 11) is 0. The normalized spacial score (nSPS) is 13.4. The fourth-order valence-electron chi connectivity index (χ4n) is 4.07. The zero-order valence-corrected chi connectivity index (χ0v) is 28.2. The molecule has 6 nitrogen and oxygen atoms in total. The lowest BCUT2D eigenvalue weighted by molar-refractivity contribution is -0.233. The van der Waals surface area contributed by atoms with E-state index in [4.69, 9.17) is 9.78 Å². The number of carboxylic acids is 2. The molecule has 46 heavy (non-hydrogen) atoms. The Balaban J connectivity index is 4.46. The monoisotopic (exact) mass is 634 g/mol. The van der Waals surface area contributed by atoms with Gasteiger partial charge >= 0.3 is 11.9 Å². The maximum absolute atomic E-state index is 11.4. The Bertz CT molecular complexity index is 993. The van der Waals surface area contributed by atoms with Crippen molar-refractivity contribution in [1.82, 2.24) is 0 Å². The Labute approximate surface area is 278 Å². The lowest BCUT2D eigenvalue weighted by atomic mass is 10.1. The molecule has 0 unspecified atom stereocenters. The molecule has 0 amide bonds. The first-order valence-corrected chi connectivity index (χ1v) is 17.1. The average Bonchev–Trinajstić information content (AvgIpc) is 3.04. The zero-order valence-electron chi connectivity index (χ0n) is 28.2. The van der Waals surface area contributed by atoms with Gasteiger partial charge in [-0.25, -0.2) is 9.59 Å². The van der Waals surface area contributed by atoms with Crippen LogP contribution in [0.15, 0.2) is 121 Å². The van der Waals surface area contributed by atoms with Crippen LogP contribution in [0, 0.1) is 0 Å². The number of unbranched alkanes of at least 4 members (excludes halogenated alkanes) is 14. The number of allylic oxidation sites excluding steroid dienone is 18. The highest BCUT2D eigenvalue weighted by Crippen LogP contribution is 2.10. The van der Waals surface area contributed by atoms with Crippen LogP contribution >= 0.6 is 0 Å². The molecule has 0 fully saturated rings. The van der Waals surface area contributed by atoms with E-state index >= 15 is 0 Å². The molecular formula is C40H58O6. The fourth-order valence-corrected chi connectivity index (χ4v) is 4.07. The molecule has 0 heterocycles. The molecule has 254 valence electrons. The van der Waals surface area contributed by atoms with Gasteiger partial charge in [-0.1, -0.05) is 188 Å². The van der Waals surface area contributed by atoms with Crippen molar-refractivity contribution in [2.45, 2.75) is 117 Å². The first-order valence-electron chi connectivity index (χ1n) is 17.1. The lowest BCUT2D eigenvalue weighted by Gasteiger charge is -2.05. The summed E-state index contributed by atoms with van der Waals surface area (Å²) < 4.78 is 0. The second-order valence-corrected chi connectivity index (χ2v) is 10.8. The fraction of sp³-hybridized carbons (Fsp3) is 0.450. The van der Waals surface area contributed by atoms with E-state index in [1.807, 2.05) is 48.6 Å². The second kappa shape index (κ2) is 33.8. The smallest absolute Gasteiger partial charge is 0.376 e. The number of carbonyl (C=O) groups is 2. The molecule has 0 saturated heterocycles. The van der Waals surface area contributed by atoms with Gasteiger partial charge in [-0.05, 0) is 37.8 Å². The predicted octanol–water partition coefficient (Wildman–Crippen LogP) is 11.6. The molecule has 0 aromatic carbocycles. The summed E-state index contributed by atoms with van der Waals surface area (Å²) in [5.74, 6) is -3.92. The molecule has 0 saturated carbocycles. The summed E-state index contributed by atoms with van der Waals surface area (Å²) in [6, 6.07) is 0. The van der Waals surface area contributed by atoms with Gasteiger partial charge in [0.2, 0.25) is 0 Å². The van der Waals surface area contributed by atoms with Crippen LogP contribution in [0.4, 0.5) is 0 Å². The van der Waals surface area contributed by atoms with E-state index < -0.39 is 23.5 Å². The van der Waals surface area contributed by atoms with E-state index in [2.05, 4.69) is 26.0 Å². The van der Waals surface area contributed by atoms with E-state index in [0.717, 1.165) is 12.8 Å². The van der Waals surface area contributed by atoms with Gasteiger partial charge in [0, 0.05) is 0 Å². The standard InChI is InChI=1S/C40H58O6/c1-3-5-7-9-11-13-15-17-19-21-23-25-27-29-31-33-35-37(39(41)42)45-46-38(40(43)44)36-34-32-30-28-26-24-22-20-18-16-14-12-10-8-6-4-2/h19-36H,3-18H2,1-2H3,(H,41,42)(H,43,44)/b21-19+,22-20+,25-23+,26-24+,29-27+,30-28+,33-31+,34-32+,37-35-,38-36-. The summed E-state index contributed by atoms with van der Waals surface area (Å²) in [5, 5.41) is 18.7. The van der Waals surface area contributed by atoms with Gasteiger partial charge in [0.1, 0.15) is 0 Å². The minimum Gasteiger partial charge on any atom is -0.475 e. The van der Waals surface area contributed by atoms with Crippen molar-refractivity contribution in [3.05, 3.63) is 121 Å². The minimum absolute atomic E-state index is 0.560. The molecule has 0 spiro atoms. The summed E-state index contributed by atoms with van der Waals surface area (Å²) in [6.07, 6.45) is 52.0. The molecule has 0 aromatic heterocycles. The average molecular weight is 635 g/mol. The van der Waals surface area contributed by atoms with Gasteiger partial charge < -0.3 is 10.2 Å². The van der Waals surface area contributed by atoms with Crippen molar-refractivity contribution in [2.24, 2.45) is 0 Å². The maximum Gasteiger partial charge on any atom is 0.376 e. The van der Waals surface area contributed by atoms with Crippen molar-refractivity contribution in [3.63, 3.8) is 0 Å². The Kier molecular flexibility index (Phi) is 30.8. The molecule has 6 heteroatoms. The van der Waals surface area contributed by atoms with E-state index in [9.17, 15) is 19.8 Å². The largest absolute Gasteiger partial charge is 0.475 e. The van der Waals surface area contributed by atoms with Crippen molar-refractivity contribution in [2.75, 3.05) is 0 Å². The quantitative estimate of drug-likeness (QED) is 0.0212. The van der Waals surface area contributed by atoms with E-state index in [1.54, 1.807) is 24.3 Å². The van der Waals surface area contributed by atoms with Gasteiger partial charge in [0.15, 0.2) is 0 Å². The van der Waals surface area contributed by atoms with Crippen LogP contribution in [0.3, 0.4) is 0 Å². The first-order chi connectivity index (χ1) is 22.5. The molecule has 0 aliphatic rings. The third-order valence-corrected chi connectivity index (χ3v) is 6.69. The van der Waals surface area contributed by atoms with Gasteiger partial charge in [-0.15, -0.1) is 0 Å². The first kappa shape index (κ1) is 41.9. The zero-order chi connectivity index (χ0) is 33.8. The van der Waals surface area contributed by atoms with Crippen molar-refractivity contribution in [1.29, 1.82) is 0 Å². The van der Waals surface area contributed by atoms with E-state index in [-0.39, 0.29) is 0 Å². The number of hydrogen-bond donors (Lipinski definition) is 2. The Morgan fingerprint density at radius 2 is 0.696 bits per heavy atom. The number of aliphatic carboxylic acids is 2. The molecule has 0 rings (SSSR count). The van der Waals surface area contributed by atoms with E-state index in [0.29, 0.717) is 0 Å². The molecule has 0 atom stereocenters. The highest BCUT2D eigenvalue weighted by molar-refractivity contribution is 5.85. The molecule has 0 aliphatic heterocycles. The Hall–Kier alpha value is -4.06. The van der Waals surface area contributed by atoms with Crippen LogP contribution in [0.1, 0.15) is 117 Å². The van der Waals surface area contributed by atoms with Crippen molar-refractivity contribution in [3.8, 4) is 0 Å². The molecule has 0 bridgehead atoms. The van der Waals surface area contributed by atoms with Crippen molar-refractivity contribution < 1.29 is 29.6 Å². The Morgan fingerprint density at radius 1 is 0.413 bits per heavy atom. The number of carboxylic acid groups (broad SMARTS) is 2. The summed E-state index contributed by atoms with van der Waals surface area (Å²) in [4.78, 5) is 32.4. The highest BCUT2D eigenvalue weighted by atomic mass is 17.2. The Morgan fingerprint density at radius 3 is 1.02 bits per heavy atom. The van der Waals surface area contributed by atoms with Crippen LogP contribution < -0.4 is 0 Å². The topological polar surface area (TPSA) is 93.1 Å². The molecular weight excluding hydrogens is 576 g/mol. The summed E-state index contributed by atoms with van der Waals surface area (Å²) in [5.41, 5.74) is 0.